The zero-order chi connectivity index (χ0) is 17.4. The van der Waals surface area contributed by atoms with Crippen LogP contribution in [0.5, 0.6) is 0 Å². The first-order valence-corrected chi connectivity index (χ1v) is 8.02. The van der Waals surface area contributed by atoms with Gasteiger partial charge in [0, 0.05) is 17.7 Å². The van der Waals surface area contributed by atoms with Crippen molar-refractivity contribution in [1.29, 1.82) is 0 Å². The predicted octanol–water partition coefficient (Wildman–Crippen LogP) is 1.66. The molecule has 0 atom stereocenters. The standard InChI is InChI=1S/C18H21BN2O3/c1-17(2)18(3,4)24-19(23-17)15-10-8-14(9-11-15)16(22)20-21-12-6-5-7-13-21/h5-13H,1-4H3/p+1. The monoisotopic (exact) mass is 325 g/mol. The fourth-order valence-electron chi connectivity index (χ4n) is 2.43. The lowest BCUT2D eigenvalue weighted by Gasteiger charge is -2.32. The minimum Gasteiger partial charge on any atom is -0.399 e. The van der Waals surface area contributed by atoms with Crippen molar-refractivity contribution in [3.8, 4) is 0 Å². The summed E-state index contributed by atoms with van der Waals surface area (Å²) in [4.78, 5) is 12.3. The highest BCUT2D eigenvalue weighted by molar-refractivity contribution is 6.62. The molecule has 3 rings (SSSR count). The molecule has 0 radical (unpaired) electrons. The van der Waals surface area contributed by atoms with E-state index in [1.807, 2.05) is 58.0 Å². The molecule has 0 bridgehead atoms. The lowest BCUT2D eigenvalue weighted by atomic mass is 9.79. The average Bonchev–Trinajstić information content (AvgIpc) is 2.76. The van der Waals surface area contributed by atoms with E-state index in [4.69, 9.17) is 9.31 Å². The lowest BCUT2D eigenvalue weighted by molar-refractivity contribution is -0.641. The minimum absolute atomic E-state index is 0.174. The van der Waals surface area contributed by atoms with Crippen molar-refractivity contribution in [2.45, 2.75) is 38.9 Å². The van der Waals surface area contributed by atoms with E-state index >= 15 is 0 Å². The maximum Gasteiger partial charge on any atom is 0.494 e. The highest BCUT2D eigenvalue weighted by atomic mass is 16.7. The van der Waals surface area contributed by atoms with Gasteiger partial charge >= 0.3 is 13.0 Å². The van der Waals surface area contributed by atoms with E-state index in [0.29, 0.717) is 5.56 Å². The summed E-state index contributed by atoms with van der Waals surface area (Å²) in [6.07, 6.45) is 3.55. The molecule has 1 N–H and O–H groups in total. The number of amides is 1. The first-order valence-electron chi connectivity index (χ1n) is 8.02. The van der Waals surface area contributed by atoms with E-state index in [1.54, 1.807) is 29.2 Å². The second-order valence-electron chi connectivity index (χ2n) is 6.93. The Morgan fingerprint density at radius 3 is 2.04 bits per heavy atom. The summed E-state index contributed by atoms with van der Waals surface area (Å²) in [5.41, 5.74) is 3.51. The third-order valence-corrected chi connectivity index (χ3v) is 4.64. The molecule has 1 aromatic carbocycles. The topological polar surface area (TPSA) is 51.4 Å². The van der Waals surface area contributed by atoms with Crippen LogP contribution in [0.25, 0.3) is 0 Å². The third kappa shape index (κ3) is 3.20. The van der Waals surface area contributed by atoms with Gasteiger partial charge in [0.15, 0.2) is 12.4 Å². The van der Waals surface area contributed by atoms with Crippen molar-refractivity contribution in [3.05, 3.63) is 60.4 Å². The van der Waals surface area contributed by atoms with E-state index < -0.39 is 7.12 Å². The van der Waals surface area contributed by atoms with Crippen LogP contribution < -0.4 is 15.6 Å². The molecule has 0 saturated carbocycles. The molecule has 24 heavy (non-hydrogen) atoms. The van der Waals surface area contributed by atoms with Crippen molar-refractivity contribution in [2.24, 2.45) is 0 Å². The third-order valence-electron chi connectivity index (χ3n) is 4.64. The Hall–Kier alpha value is -2.18. The van der Waals surface area contributed by atoms with Gasteiger partial charge < -0.3 is 9.31 Å². The van der Waals surface area contributed by atoms with Crippen molar-refractivity contribution in [1.82, 2.24) is 0 Å². The molecule has 2 aromatic rings. The number of carbonyl (C=O) groups excluding carboxylic acids is 1. The Kier molecular flexibility index (Phi) is 4.19. The number of nitrogens with zero attached hydrogens (tertiary/aromatic N) is 1. The smallest absolute Gasteiger partial charge is 0.399 e. The Bertz CT molecular complexity index is 714. The largest absolute Gasteiger partial charge is 0.494 e. The van der Waals surface area contributed by atoms with Crippen LogP contribution in [0.2, 0.25) is 0 Å². The van der Waals surface area contributed by atoms with E-state index in [0.717, 1.165) is 5.46 Å². The summed E-state index contributed by atoms with van der Waals surface area (Å²) >= 11 is 0. The van der Waals surface area contributed by atoms with E-state index in [2.05, 4.69) is 5.43 Å². The first kappa shape index (κ1) is 16.7. The van der Waals surface area contributed by atoms with Gasteiger partial charge in [0.05, 0.1) is 11.2 Å². The fourth-order valence-corrected chi connectivity index (χ4v) is 2.43. The summed E-state index contributed by atoms with van der Waals surface area (Å²) in [7, 11) is -0.421. The Balaban J connectivity index is 1.71. The number of hydrogen-bond acceptors (Lipinski definition) is 3. The van der Waals surface area contributed by atoms with Gasteiger partial charge in [-0.3, -0.25) is 4.79 Å². The van der Waals surface area contributed by atoms with E-state index in [9.17, 15) is 4.79 Å². The SMILES string of the molecule is CC1(C)OB(c2ccc(C(=O)N[n+]3ccccc3)cc2)OC1(C)C. The van der Waals surface area contributed by atoms with Crippen LogP contribution in [0.3, 0.4) is 0 Å². The summed E-state index contributed by atoms with van der Waals surface area (Å²) in [6, 6.07) is 12.9. The highest BCUT2D eigenvalue weighted by Crippen LogP contribution is 2.36. The van der Waals surface area contributed by atoms with Gasteiger partial charge in [0.2, 0.25) is 0 Å². The maximum absolute atomic E-state index is 12.3. The Morgan fingerprint density at radius 2 is 1.50 bits per heavy atom. The number of nitrogens with one attached hydrogen (secondary N) is 1. The molecule has 0 aliphatic carbocycles. The van der Waals surface area contributed by atoms with Gasteiger partial charge in [-0.15, -0.1) is 5.43 Å². The second kappa shape index (κ2) is 6.04. The number of hydrogen-bond donors (Lipinski definition) is 1. The molecular formula is C18H22BN2O3+. The molecule has 5 nitrogen and oxygen atoms in total. The summed E-state index contributed by atoms with van der Waals surface area (Å²) in [6.45, 7) is 8.08. The summed E-state index contributed by atoms with van der Waals surface area (Å²) in [5.74, 6) is -0.174. The van der Waals surface area contributed by atoms with Gasteiger partial charge in [-0.1, -0.05) is 22.9 Å². The minimum atomic E-state index is -0.421. The number of rotatable bonds is 3. The predicted molar refractivity (Wildman–Crippen MR) is 92.5 cm³/mol. The van der Waals surface area contributed by atoms with E-state index in [1.165, 1.54) is 0 Å². The lowest BCUT2D eigenvalue weighted by Crippen LogP contribution is -2.47. The van der Waals surface area contributed by atoms with Gasteiger partial charge in [0.1, 0.15) is 0 Å². The zero-order valence-electron chi connectivity index (χ0n) is 14.4. The van der Waals surface area contributed by atoms with Crippen LogP contribution in [-0.4, -0.2) is 24.2 Å². The molecule has 1 fully saturated rings. The van der Waals surface area contributed by atoms with Crippen molar-refractivity contribution in [3.63, 3.8) is 0 Å². The fraction of sp³-hybridized carbons (Fsp3) is 0.333. The van der Waals surface area contributed by atoms with Crippen molar-refractivity contribution >= 4 is 18.5 Å². The maximum atomic E-state index is 12.3. The molecule has 1 aliphatic heterocycles. The van der Waals surface area contributed by atoms with Gasteiger partial charge in [-0.2, -0.15) is 0 Å². The van der Waals surface area contributed by atoms with E-state index in [-0.39, 0.29) is 17.1 Å². The molecule has 1 aliphatic rings. The zero-order valence-corrected chi connectivity index (χ0v) is 14.4. The molecule has 0 unspecified atom stereocenters. The van der Waals surface area contributed by atoms with Gasteiger partial charge in [-0.25, -0.2) is 0 Å². The quantitative estimate of drug-likeness (QED) is 0.690. The van der Waals surface area contributed by atoms with Crippen LogP contribution in [0, 0.1) is 0 Å². The number of carbonyl (C=O) groups is 1. The first-order chi connectivity index (χ1) is 11.3. The molecule has 124 valence electrons. The second-order valence-corrected chi connectivity index (χ2v) is 6.93. The van der Waals surface area contributed by atoms with Crippen molar-refractivity contribution < 1.29 is 18.8 Å². The summed E-state index contributed by atoms with van der Waals surface area (Å²) in [5, 5.41) is 0. The van der Waals surface area contributed by atoms with Crippen LogP contribution in [-0.2, 0) is 9.31 Å². The van der Waals surface area contributed by atoms with Crippen LogP contribution in [0.15, 0.2) is 54.9 Å². The Labute approximate surface area is 142 Å². The van der Waals surface area contributed by atoms with Crippen LogP contribution in [0.4, 0.5) is 0 Å². The molecule has 6 heteroatoms. The highest BCUT2D eigenvalue weighted by Gasteiger charge is 2.51. The molecular weight excluding hydrogens is 303 g/mol. The molecule has 1 saturated heterocycles. The normalized spacial score (nSPS) is 18.4. The summed E-state index contributed by atoms with van der Waals surface area (Å²) < 4.78 is 13.7. The molecule has 1 amide bonds. The van der Waals surface area contributed by atoms with Crippen LogP contribution in [0.1, 0.15) is 38.1 Å². The van der Waals surface area contributed by atoms with Gasteiger partial charge in [0.25, 0.3) is 0 Å². The number of benzene rings is 1. The number of pyridine rings is 1. The molecule has 0 spiro atoms. The average molecular weight is 325 g/mol. The van der Waals surface area contributed by atoms with Gasteiger partial charge in [-0.05, 0) is 45.3 Å². The Morgan fingerprint density at radius 1 is 0.958 bits per heavy atom. The molecule has 2 heterocycles. The molecule has 1 aromatic heterocycles. The van der Waals surface area contributed by atoms with Crippen LogP contribution >= 0.6 is 0 Å². The number of aromatic nitrogens is 1. The van der Waals surface area contributed by atoms with Crippen molar-refractivity contribution in [2.75, 3.05) is 5.43 Å².